The third-order valence-corrected chi connectivity index (χ3v) is 5.32. The molecule has 0 unspecified atom stereocenters. The van der Waals surface area contributed by atoms with Gasteiger partial charge in [-0.15, -0.1) is 11.3 Å². The van der Waals surface area contributed by atoms with Gasteiger partial charge in [0, 0.05) is 29.9 Å². The number of aliphatic hydroxyl groups excluding tert-OH is 1. The Labute approximate surface area is 132 Å². The smallest absolute Gasteiger partial charge is 0.0771 e. The molecule has 3 nitrogen and oxygen atoms in total. The fraction of sp³-hybridized carbons (Fsp3) is 0.647. The molecule has 0 aromatic carbocycles. The van der Waals surface area contributed by atoms with Gasteiger partial charge in [0.05, 0.1) is 11.5 Å². The van der Waals surface area contributed by atoms with E-state index in [1.807, 2.05) is 0 Å². The molecule has 1 aromatic heterocycles. The lowest BCUT2D eigenvalue weighted by molar-refractivity contribution is 0.0261. The van der Waals surface area contributed by atoms with E-state index in [4.69, 9.17) is 5.11 Å². The molecule has 1 fully saturated rings. The Bertz CT molecular complexity index is 508. The average Bonchev–Trinajstić information content (AvgIpc) is 2.81. The van der Waals surface area contributed by atoms with Gasteiger partial charge in [0.1, 0.15) is 0 Å². The van der Waals surface area contributed by atoms with Gasteiger partial charge in [0.2, 0.25) is 0 Å². The first kappa shape index (κ1) is 16.5. The van der Waals surface area contributed by atoms with E-state index in [-0.39, 0.29) is 6.61 Å². The van der Waals surface area contributed by atoms with Gasteiger partial charge in [-0.05, 0) is 52.5 Å². The summed E-state index contributed by atoms with van der Waals surface area (Å²) in [5.41, 5.74) is 0.385. The van der Waals surface area contributed by atoms with Gasteiger partial charge in [0.25, 0.3) is 0 Å². The molecule has 1 aromatic rings. The predicted molar refractivity (Wildman–Crippen MR) is 89.5 cm³/mol. The third kappa shape index (κ3) is 4.31. The molecule has 21 heavy (non-hydrogen) atoms. The Kier molecular flexibility index (Phi) is 5.83. The number of thiophene rings is 1. The van der Waals surface area contributed by atoms with E-state index in [0.717, 1.165) is 18.0 Å². The fourth-order valence-corrected chi connectivity index (χ4v) is 3.85. The van der Waals surface area contributed by atoms with Crippen molar-refractivity contribution in [3.05, 3.63) is 21.9 Å². The highest BCUT2D eigenvalue weighted by Gasteiger charge is 2.39. The van der Waals surface area contributed by atoms with E-state index in [2.05, 4.69) is 54.9 Å². The summed E-state index contributed by atoms with van der Waals surface area (Å²) in [5, 5.41) is 8.74. The maximum atomic E-state index is 8.74. The van der Waals surface area contributed by atoms with Crippen molar-refractivity contribution in [2.75, 3.05) is 34.3 Å². The summed E-state index contributed by atoms with van der Waals surface area (Å²) in [6.45, 7) is 2.26. The molecule has 1 aliphatic carbocycles. The molecule has 1 aliphatic rings. The fourth-order valence-electron chi connectivity index (χ4n) is 2.89. The van der Waals surface area contributed by atoms with E-state index < -0.39 is 0 Å². The number of nitrogens with zero attached hydrogens (tertiary/aromatic N) is 2. The van der Waals surface area contributed by atoms with Crippen molar-refractivity contribution in [1.29, 1.82) is 0 Å². The van der Waals surface area contributed by atoms with Gasteiger partial charge in [-0.1, -0.05) is 11.8 Å². The second-order valence-electron chi connectivity index (χ2n) is 6.19. The molecule has 1 N–H and O–H groups in total. The molecule has 0 atom stereocenters. The van der Waals surface area contributed by atoms with Gasteiger partial charge < -0.3 is 10.0 Å². The number of likely N-dealkylation sites (N-methyl/N-ethyl adjacent to an activating group) is 2. The zero-order valence-electron chi connectivity index (χ0n) is 13.4. The highest BCUT2D eigenvalue weighted by atomic mass is 32.1. The van der Waals surface area contributed by atoms with Gasteiger partial charge >= 0.3 is 0 Å². The lowest BCUT2D eigenvalue weighted by atomic mass is 9.75. The summed E-state index contributed by atoms with van der Waals surface area (Å²) in [6, 6.07) is 4.26. The summed E-state index contributed by atoms with van der Waals surface area (Å²) in [4.78, 5) is 7.28. The molecule has 1 heterocycles. The maximum absolute atomic E-state index is 8.74. The van der Waals surface area contributed by atoms with Crippen LogP contribution in [0.5, 0.6) is 0 Å². The lowest BCUT2D eigenvalue weighted by Gasteiger charge is -2.49. The van der Waals surface area contributed by atoms with Crippen LogP contribution in [0.1, 0.15) is 35.4 Å². The Morgan fingerprint density at radius 2 is 2.05 bits per heavy atom. The number of hydrogen-bond acceptors (Lipinski definition) is 4. The van der Waals surface area contributed by atoms with Crippen molar-refractivity contribution in [3.8, 4) is 11.8 Å². The van der Waals surface area contributed by atoms with Crippen LogP contribution in [-0.2, 0) is 6.54 Å². The molecular weight excluding hydrogens is 280 g/mol. The molecule has 116 valence electrons. The maximum Gasteiger partial charge on any atom is 0.0771 e. The van der Waals surface area contributed by atoms with Crippen LogP contribution in [0.25, 0.3) is 0 Å². The van der Waals surface area contributed by atoms with Gasteiger partial charge in [-0.2, -0.15) is 0 Å². The number of aliphatic hydroxyl groups is 1. The average molecular weight is 306 g/mol. The minimum absolute atomic E-state index is 0.139. The van der Waals surface area contributed by atoms with E-state index in [0.29, 0.717) is 12.0 Å². The van der Waals surface area contributed by atoms with Crippen molar-refractivity contribution in [2.45, 2.75) is 37.8 Å². The molecule has 0 radical (unpaired) electrons. The van der Waals surface area contributed by atoms with Crippen molar-refractivity contribution in [1.82, 2.24) is 9.80 Å². The van der Waals surface area contributed by atoms with Crippen molar-refractivity contribution < 1.29 is 5.11 Å². The third-order valence-electron chi connectivity index (χ3n) is 4.33. The molecule has 2 rings (SSSR count). The van der Waals surface area contributed by atoms with Gasteiger partial charge in [-0.25, -0.2) is 0 Å². The van der Waals surface area contributed by atoms with Crippen molar-refractivity contribution in [2.24, 2.45) is 0 Å². The van der Waals surface area contributed by atoms with Crippen molar-refractivity contribution in [3.63, 3.8) is 0 Å². The van der Waals surface area contributed by atoms with Crippen LogP contribution in [0.3, 0.4) is 0 Å². The normalized spacial score (nSPS) is 16.7. The lowest BCUT2D eigenvalue weighted by Crippen LogP contribution is -2.56. The van der Waals surface area contributed by atoms with Crippen LogP contribution in [0.4, 0.5) is 0 Å². The second-order valence-corrected chi connectivity index (χ2v) is 7.35. The SMILES string of the molecule is CN(Cc1ccc(C#CCCO)s1)CC1(N(C)C)CCC1. The van der Waals surface area contributed by atoms with Crippen LogP contribution < -0.4 is 0 Å². The Hall–Kier alpha value is -0.860. The zero-order chi connectivity index (χ0) is 15.3. The van der Waals surface area contributed by atoms with Crippen LogP contribution in [-0.4, -0.2) is 54.7 Å². The minimum atomic E-state index is 0.139. The largest absolute Gasteiger partial charge is 0.395 e. The summed E-state index contributed by atoms with van der Waals surface area (Å²) in [6.07, 6.45) is 4.54. The van der Waals surface area contributed by atoms with Crippen LogP contribution in [0.2, 0.25) is 0 Å². The monoisotopic (exact) mass is 306 g/mol. The minimum Gasteiger partial charge on any atom is -0.395 e. The molecule has 4 heteroatoms. The Morgan fingerprint density at radius 3 is 2.62 bits per heavy atom. The van der Waals surface area contributed by atoms with Crippen LogP contribution >= 0.6 is 11.3 Å². The molecular formula is C17H26N2OS. The summed E-state index contributed by atoms with van der Waals surface area (Å²) in [5.74, 6) is 6.09. The molecule has 0 saturated heterocycles. The number of hydrogen-bond donors (Lipinski definition) is 1. The zero-order valence-corrected chi connectivity index (χ0v) is 14.2. The van der Waals surface area contributed by atoms with Crippen LogP contribution in [0.15, 0.2) is 12.1 Å². The highest BCUT2D eigenvalue weighted by molar-refractivity contribution is 7.12. The highest BCUT2D eigenvalue weighted by Crippen LogP contribution is 2.37. The standard InChI is InChI=1S/C17H26N2OS/c1-18(2)17(10-6-11-17)14-19(3)13-16-9-8-15(21-16)7-4-5-12-20/h8-9,20H,5-6,10-14H2,1-3H3. The molecule has 0 aliphatic heterocycles. The van der Waals surface area contributed by atoms with Crippen LogP contribution in [0, 0.1) is 11.8 Å². The summed E-state index contributed by atoms with van der Waals surface area (Å²) < 4.78 is 0. The topological polar surface area (TPSA) is 26.7 Å². The first-order valence-corrected chi connectivity index (χ1v) is 8.42. The first-order valence-electron chi connectivity index (χ1n) is 7.60. The van der Waals surface area contributed by atoms with Crippen molar-refractivity contribution >= 4 is 11.3 Å². The van der Waals surface area contributed by atoms with Gasteiger partial charge in [0.15, 0.2) is 0 Å². The quantitative estimate of drug-likeness (QED) is 0.818. The summed E-state index contributed by atoms with van der Waals surface area (Å²) >= 11 is 1.76. The van der Waals surface area contributed by atoms with E-state index in [1.165, 1.54) is 24.1 Å². The first-order chi connectivity index (χ1) is 10.1. The predicted octanol–water partition coefficient (Wildman–Crippen LogP) is 2.40. The number of rotatable bonds is 6. The molecule has 0 spiro atoms. The molecule has 0 bridgehead atoms. The summed E-state index contributed by atoms with van der Waals surface area (Å²) in [7, 11) is 6.61. The van der Waals surface area contributed by atoms with E-state index >= 15 is 0 Å². The Balaban J connectivity index is 1.88. The molecule has 1 saturated carbocycles. The van der Waals surface area contributed by atoms with Gasteiger partial charge in [-0.3, -0.25) is 4.90 Å². The van der Waals surface area contributed by atoms with E-state index in [1.54, 1.807) is 11.3 Å². The second kappa shape index (κ2) is 7.42. The Morgan fingerprint density at radius 1 is 1.29 bits per heavy atom. The molecule has 0 amide bonds. The van der Waals surface area contributed by atoms with E-state index in [9.17, 15) is 0 Å².